The van der Waals surface area contributed by atoms with Crippen molar-refractivity contribution >= 4 is 17.4 Å². The maximum absolute atomic E-state index is 13.5. The third-order valence-corrected chi connectivity index (χ3v) is 6.46. The summed E-state index contributed by atoms with van der Waals surface area (Å²) in [5.74, 6) is 0.222. The van der Waals surface area contributed by atoms with E-state index in [9.17, 15) is 14.7 Å². The highest BCUT2D eigenvalue weighted by Crippen LogP contribution is 2.44. The number of rotatable bonds is 9. The second kappa shape index (κ2) is 11.2. The van der Waals surface area contributed by atoms with Crippen LogP contribution in [0.2, 0.25) is 0 Å². The summed E-state index contributed by atoms with van der Waals surface area (Å²) in [6.07, 6.45) is 0. The van der Waals surface area contributed by atoms with Gasteiger partial charge in [0.1, 0.15) is 23.0 Å². The topological polar surface area (TPSA) is 104 Å². The van der Waals surface area contributed by atoms with Crippen molar-refractivity contribution in [2.75, 3.05) is 35.5 Å². The molecule has 1 N–H and O–H groups in total. The molecule has 9 nitrogen and oxygen atoms in total. The third kappa shape index (κ3) is 4.70. The summed E-state index contributed by atoms with van der Waals surface area (Å²) < 4.78 is 27.1. The molecule has 1 fully saturated rings. The van der Waals surface area contributed by atoms with Crippen LogP contribution in [-0.4, -0.2) is 57.2 Å². The van der Waals surface area contributed by atoms with Gasteiger partial charge in [0.2, 0.25) is 0 Å². The quantitative estimate of drug-likeness (QED) is 0.253. The number of likely N-dealkylation sites (tertiary alicyclic amines) is 1. The summed E-state index contributed by atoms with van der Waals surface area (Å²) in [6, 6.07) is 16.2. The molecule has 1 atom stereocenters. The molecule has 3 aromatic carbocycles. The predicted octanol–water partition coefficient (Wildman–Crippen LogP) is 4.35. The van der Waals surface area contributed by atoms with Crippen LogP contribution in [0, 0.1) is 0 Å². The average Bonchev–Trinajstić information content (AvgIpc) is 3.21. The van der Waals surface area contributed by atoms with E-state index >= 15 is 0 Å². The Morgan fingerprint density at radius 3 is 2.08 bits per heavy atom. The van der Waals surface area contributed by atoms with Crippen LogP contribution < -0.4 is 23.7 Å². The minimum Gasteiger partial charge on any atom is -0.507 e. The van der Waals surface area contributed by atoms with Gasteiger partial charge in [-0.05, 0) is 42.0 Å². The number of ether oxygens (including phenoxy) is 5. The molecule has 0 bridgehead atoms. The van der Waals surface area contributed by atoms with E-state index in [-0.39, 0.29) is 23.4 Å². The Morgan fingerprint density at radius 1 is 0.763 bits per heavy atom. The number of Topliss-reactive ketones (excluding diaryl/α,β-unsaturated/α-hetero) is 1. The average molecular weight is 520 g/mol. The Bertz CT molecular complexity index is 1400. The van der Waals surface area contributed by atoms with Crippen molar-refractivity contribution in [2.45, 2.75) is 12.6 Å². The minimum atomic E-state index is -0.948. The van der Waals surface area contributed by atoms with Crippen molar-refractivity contribution in [3.8, 4) is 28.7 Å². The third-order valence-electron chi connectivity index (χ3n) is 6.46. The van der Waals surface area contributed by atoms with E-state index in [1.165, 1.54) is 40.4 Å². The van der Waals surface area contributed by atoms with Gasteiger partial charge >= 0.3 is 0 Å². The maximum Gasteiger partial charge on any atom is 0.295 e. The second-order valence-electron chi connectivity index (χ2n) is 8.42. The SMILES string of the molecule is COc1ccc(OC)c(/C(O)=C2\C(=O)C(=O)N(Cc3ccccc3OC)C2c2ccc(OC)c(OC)c2)c1. The lowest BCUT2D eigenvalue weighted by Crippen LogP contribution is -2.29. The number of hydrogen-bond donors (Lipinski definition) is 1. The Morgan fingerprint density at radius 2 is 1.42 bits per heavy atom. The number of aliphatic hydroxyl groups is 1. The van der Waals surface area contributed by atoms with Crippen LogP contribution >= 0.6 is 0 Å². The van der Waals surface area contributed by atoms with Crippen LogP contribution in [0.4, 0.5) is 0 Å². The molecule has 3 aromatic rings. The molecule has 1 saturated heterocycles. The van der Waals surface area contributed by atoms with Crippen molar-refractivity contribution in [3.63, 3.8) is 0 Å². The van der Waals surface area contributed by atoms with Gasteiger partial charge in [-0.15, -0.1) is 0 Å². The fourth-order valence-electron chi connectivity index (χ4n) is 4.57. The van der Waals surface area contributed by atoms with E-state index in [2.05, 4.69) is 0 Å². The molecule has 9 heteroatoms. The Hall–Kier alpha value is -4.66. The standard InChI is InChI=1S/C29H29NO8/c1-34-19-11-13-22(36-3)20(15-19)27(31)25-26(17-10-12-23(37-4)24(14-17)38-5)30(29(33)28(25)32)16-18-8-6-7-9-21(18)35-2/h6-15,26,31H,16H2,1-5H3/b27-25+. The normalized spacial score (nSPS) is 16.3. The van der Waals surface area contributed by atoms with Gasteiger partial charge in [-0.3, -0.25) is 9.59 Å². The van der Waals surface area contributed by atoms with Gasteiger partial charge in [-0.1, -0.05) is 24.3 Å². The molecule has 0 aliphatic carbocycles. The van der Waals surface area contributed by atoms with Crippen molar-refractivity contribution in [2.24, 2.45) is 0 Å². The van der Waals surface area contributed by atoms with Gasteiger partial charge < -0.3 is 33.7 Å². The van der Waals surface area contributed by atoms with Crippen molar-refractivity contribution in [3.05, 3.63) is 82.9 Å². The van der Waals surface area contributed by atoms with Gasteiger partial charge in [0.25, 0.3) is 11.7 Å². The first-order chi connectivity index (χ1) is 18.4. The van der Waals surface area contributed by atoms with Gasteiger partial charge in [0, 0.05) is 5.56 Å². The second-order valence-corrected chi connectivity index (χ2v) is 8.42. The fourth-order valence-corrected chi connectivity index (χ4v) is 4.57. The number of hydrogen-bond acceptors (Lipinski definition) is 8. The molecule has 38 heavy (non-hydrogen) atoms. The zero-order valence-corrected chi connectivity index (χ0v) is 21.8. The first-order valence-electron chi connectivity index (χ1n) is 11.7. The predicted molar refractivity (Wildman–Crippen MR) is 140 cm³/mol. The summed E-state index contributed by atoms with van der Waals surface area (Å²) in [5, 5.41) is 11.5. The molecule has 0 spiro atoms. The maximum atomic E-state index is 13.5. The van der Waals surface area contributed by atoms with E-state index in [0.717, 1.165) is 0 Å². The Kier molecular flexibility index (Phi) is 7.76. The molecule has 1 aliphatic rings. The highest BCUT2D eigenvalue weighted by atomic mass is 16.5. The van der Waals surface area contributed by atoms with Crippen LogP contribution in [0.15, 0.2) is 66.2 Å². The molecule has 4 rings (SSSR count). The number of methoxy groups -OCH3 is 5. The van der Waals surface area contributed by atoms with E-state index in [0.29, 0.717) is 39.9 Å². The zero-order chi connectivity index (χ0) is 27.4. The smallest absolute Gasteiger partial charge is 0.295 e. The highest BCUT2D eigenvalue weighted by molar-refractivity contribution is 6.46. The highest BCUT2D eigenvalue weighted by Gasteiger charge is 2.46. The Balaban J connectivity index is 1.95. The summed E-state index contributed by atoms with van der Waals surface area (Å²) in [6.45, 7) is 0.0552. The fraction of sp³-hybridized carbons (Fsp3) is 0.241. The number of carbonyl (C=O) groups excluding carboxylic acids is 2. The number of ketones is 1. The number of amides is 1. The molecule has 0 saturated carbocycles. The monoisotopic (exact) mass is 519 g/mol. The molecule has 1 aliphatic heterocycles. The summed E-state index contributed by atoms with van der Waals surface area (Å²) in [7, 11) is 7.48. The van der Waals surface area contributed by atoms with Gasteiger partial charge in [0.05, 0.1) is 59.3 Å². The lowest BCUT2D eigenvalue weighted by molar-refractivity contribution is -0.140. The Labute approximate surface area is 220 Å². The minimum absolute atomic E-state index is 0.0552. The van der Waals surface area contributed by atoms with Crippen molar-refractivity contribution in [1.29, 1.82) is 0 Å². The molecule has 198 valence electrons. The lowest BCUT2D eigenvalue weighted by Gasteiger charge is -2.26. The molecule has 0 radical (unpaired) electrons. The summed E-state index contributed by atoms with van der Waals surface area (Å²) in [4.78, 5) is 28.4. The number of nitrogens with zero attached hydrogens (tertiary/aromatic N) is 1. The number of para-hydroxylation sites is 1. The molecular formula is C29H29NO8. The first-order valence-corrected chi connectivity index (χ1v) is 11.7. The van der Waals surface area contributed by atoms with Gasteiger partial charge in [-0.2, -0.15) is 0 Å². The largest absolute Gasteiger partial charge is 0.507 e. The van der Waals surface area contributed by atoms with Crippen LogP contribution in [0.5, 0.6) is 28.7 Å². The first kappa shape index (κ1) is 26.4. The summed E-state index contributed by atoms with van der Waals surface area (Å²) in [5.41, 5.74) is 1.36. The number of aliphatic hydroxyl groups excluding tert-OH is 1. The summed E-state index contributed by atoms with van der Waals surface area (Å²) >= 11 is 0. The van der Waals surface area contributed by atoms with Crippen LogP contribution in [0.25, 0.3) is 5.76 Å². The molecule has 0 aromatic heterocycles. The lowest BCUT2D eigenvalue weighted by atomic mass is 9.94. The van der Waals surface area contributed by atoms with Gasteiger partial charge in [0.15, 0.2) is 11.5 Å². The van der Waals surface area contributed by atoms with E-state index < -0.39 is 17.7 Å². The van der Waals surface area contributed by atoms with Gasteiger partial charge in [-0.25, -0.2) is 0 Å². The number of benzene rings is 3. The molecular weight excluding hydrogens is 490 g/mol. The van der Waals surface area contributed by atoms with Crippen molar-refractivity contribution < 1.29 is 38.4 Å². The van der Waals surface area contributed by atoms with Crippen LogP contribution in [0.1, 0.15) is 22.7 Å². The number of carbonyl (C=O) groups is 2. The zero-order valence-electron chi connectivity index (χ0n) is 21.8. The molecule has 1 heterocycles. The van der Waals surface area contributed by atoms with Crippen LogP contribution in [0.3, 0.4) is 0 Å². The molecule has 1 unspecified atom stereocenters. The van der Waals surface area contributed by atoms with E-state index in [4.69, 9.17) is 23.7 Å². The van der Waals surface area contributed by atoms with Crippen LogP contribution in [-0.2, 0) is 16.1 Å². The van der Waals surface area contributed by atoms with E-state index in [1.807, 2.05) is 18.2 Å². The molecule has 1 amide bonds. The van der Waals surface area contributed by atoms with Crippen molar-refractivity contribution in [1.82, 2.24) is 4.90 Å². The van der Waals surface area contributed by atoms with E-state index in [1.54, 1.807) is 42.5 Å².